The van der Waals surface area contributed by atoms with E-state index < -0.39 is 18.5 Å². The van der Waals surface area contributed by atoms with Crippen LogP contribution in [0, 0.1) is 11.3 Å². The summed E-state index contributed by atoms with van der Waals surface area (Å²) in [6.07, 6.45) is 0. The van der Waals surface area contributed by atoms with Gasteiger partial charge in [-0.1, -0.05) is 36.0 Å². The van der Waals surface area contributed by atoms with Crippen molar-refractivity contribution >= 4 is 29.5 Å². The number of nitrogens with one attached hydrogen (secondary N) is 1. The van der Waals surface area contributed by atoms with Gasteiger partial charge in [0.25, 0.3) is 5.91 Å². The lowest BCUT2D eigenvalue weighted by Gasteiger charge is -2.21. The van der Waals surface area contributed by atoms with E-state index >= 15 is 0 Å². The number of likely N-dealkylation sites (N-methyl/N-ethyl adjacent to an activating group) is 1. The molecule has 2 aromatic rings. The lowest BCUT2D eigenvalue weighted by Crippen LogP contribution is -2.44. The van der Waals surface area contributed by atoms with Crippen molar-refractivity contribution in [2.24, 2.45) is 0 Å². The van der Waals surface area contributed by atoms with Gasteiger partial charge in [0.05, 0.1) is 17.7 Å². The fraction of sp³-hybridized carbons (Fsp3) is 0.304. The van der Waals surface area contributed by atoms with E-state index in [1.165, 1.54) is 16.7 Å². The van der Waals surface area contributed by atoms with Crippen LogP contribution in [0.4, 0.5) is 0 Å². The quantitative estimate of drug-likeness (QED) is 0.602. The topological polar surface area (TPSA) is 99.5 Å². The Kier molecular flexibility index (Phi) is 9.10. The average Bonchev–Trinajstić information content (AvgIpc) is 2.75. The molecule has 0 aliphatic rings. The van der Waals surface area contributed by atoms with Crippen molar-refractivity contribution in [2.75, 3.05) is 19.7 Å². The van der Waals surface area contributed by atoms with E-state index in [0.29, 0.717) is 22.6 Å². The largest absolute Gasteiger partial charge is 0.452 e. The Labute approximate surface area is 186 Å². The van der Waals surface area contributed by atoms with Crippen molar-refractivity contribution in [3.8, 4) is 6.07 Å². The van der Waals surface area contributed by atoms with Crippen LogP contribution >= 0.6 is 11.8 Å². The fourth-order valence-corrected chi connectivity index (χ4v) is 3.72. The maximum atomic E-state index is 12.6. The van der Waals surface area contributed by atoms with E-state index in [1.54, 1.807) is 49.4 Å². The number of amides is 2. The zero-order valence-electron chi connectivity index (χ0n) is 17.8. The first kappa shape index (κ1) is 24.0. The molecule has 31 heavy (non-hydrogen) atoms. The van der Waals surface area contributed by atoms with Gasteiger partial charge in [-0.3, -0.25) is 9.59 Å². The van der Waals surface area contributed by atoms with Crippen LogP contribution in [-0.4, -0.2) is 48.4 Å². The van der Waals surface area contributed by atoms with Crippen molar-refractivity contribution in [1.29, 1.82) is 5.26 Å². The molecule has 0 heterocycles. The Morgan fingerprint density at radius 1 is 1.10 bits per heavy atom. The average molecular weight is 440 g/mol. The first-order valence-electron chi connectivity index (χ1n) is 9.86. The van der Waals surface area contributed by atoms with E-state index in [-0.39, 0.29) is 18.5 Å². The molecule has 2 rings (SSSR count). The molecule has 0 saturated heterocycles. The van der Waals surface area contributed by atoms with E-state index in [4.69, 9.17) is 4.74 Å². The summed E-state index contributed by atoms with van der Waals surface area (Å²) in [4.78, 5) is 39.6. The Bertz CT molecular complexity index is 985. The van der Waals surface area contributed by atoms with Crippen LogP contribution in [0.15, 0.2) is 58.3 Å². The lowest BCUT2D eigenvalue weighted by atomic mass is 10.2. The van der Waals surface area contributed by atoms with E-state index in [1.807, 2.05) is 19.9 Å². The second kappa shape index (κ2) is 11.8. The molecule has 8 heteroatoms. The summed E-state index contributed by atoms with van der Waals surface area (Å²) in [6.45, 7) is 5.18. The summed E-state index contributed by atoms with van der Waals surface area (Å²) in [6, 6.07) is 16.0. The third kappa shape index (κ3) is 7.15. The standard InChI is InChI=1S/C23H25N3O4S/c1-4-26(14-21(27)25-16(2)3)22(28)15-30-23(29)18-10-6-8-12-20(18)31-19-11-7-5-9-17(19)13-24/h5-12,16H,4,14-15H2,1-3H3,(H,25,27). The summed E-state index contributed by atoms with van der Waals surface area (Å²) in [7, 11) is 0. The minimum Gasteiger partial charge on any atom is -0.452 e. The molecule has 0 saturated carbocycles. The summed E-state index contributed by atoms with van der Waals surface area (Å²) < 4.78 is 5.23. The lowest BCUT2D eigenvalue weighted by molar-refractivity contribution is -0.138. The van der Waals surface area contributed by atoms with E-state index in [9.17, 15) is 19.6 Å². The molecule has 0 radical (unpaired) electrons. The number of carbonyl (C=O) groups excluding carboxylic acids is 3. The summed E-state index contributed by atoms with van der Waals surface area (Å²) in [5.41, 5.74) is 0.803. The summed E-state index contributed by atoms with van der Waals surface area (Å²) in [5, 5.41) is 12.0. The molecule has 162 valence electrons. The molecule has 0 unspecified atom stereocenters. The molecule has 0 atom stereocenters. The number of esters is 1. The van der Waals surface area contributed by atoms with Gasteiger partial charge in [0.1, 0.15) is 6.07 Å². The minimum absolute atomic E-state index is 0.0284. The van der Waals surface area contributed by atoms with Crippen molar-refractivity contribution in [2.45, 2.75) is 36.6 Å². The Morgan fingerprint density at radius 3 is 2.39 bits per heavy atom. The third-order valence-electron chi connectivity index (χ3n) is 4.18. The second-order valence-electron chi connectivity index (χ2n) is 6.91. The number of hydrogen-bond donors (Lipinski definition) is 1. The zero-order chi connectivity index (χ0) is 22.8. The van der Waals surface area contributed by atoms with Gasteiger partial charge in [0.15, 0.2) is 6.61 Å². The van der Waals surface area contributed by atoms with E-state index in [2.05, 4.69) is 11.4 Å². The van der Waals surface area contributed by atoms with Crippen molar-refractivity contribution in [3.05, 3.63) is 59.7 Å². The van der Waals surface area contributed by atoms with Gasteiger partial charge >= 0.3 is 5.97 Å². The smallest absolute Gasteiger partial charge is 0.339 e. The van der Waals surface area contributed by atoms with Crippen LogP contribution < -0.4 is 5.32 Å². The predicted octanol–water partition coefficient (Wildman–Crippen LogP) is 3.24. The fourth-order valence-electron chi connectivity index (χ4n) is 2.70. The highest BCUT2D eigenvalue weighted by Crippen LogP contribution is 2.32. The molecule has 7 nitrogen and oxygen atoms in total. The number of ether oxygens (including phenoxy) is 1. The monoisotopic (exact) mass is 439 g/mol. The van der Waals surface area contributed by atoms with Gasteiger partial charge in [0.2, 0.25) is 5.91 Å². The molecule has 2 amide bonds. The van der Waals surface area contributed by atoms with Crippen LogP contribution in [0.5, 0.6) is 0 Å². The molecule has 0 aromatic heterocycles. The number of nitriles is 1. The second-order valence-corrected chi connectivity index (χ2v) is 8.00. The SMILES string of the molecule is CCN(CC(=O)NC(C)C)C(=O)COC(=O)c1ccccc1Sc1ccccc1C#N. The van der Waals surface area contributed by atoms with E-state index in [0.717, 1.165) is 4.90 Å². The molecular weight excluding hydrogens is 414 g/mol. The molecule has 1 N–H and O–H groups in total. The minimum atomic E-state index is -0.645. The molecule has 0 fully saturated rings. The number of carbonyl (C=O) groups is 3. The highest BCUT2D eigenvalue weighted by Gasteiger charge is 2.20. The van der Waals surface area contributed by atoms with Gasteiger partial charge < -0.3 is 15.0 Å². The number of benzene rings is 2. The zero-order valence-corrected chi connectivity index (χ0v) is 18.6. The molecule has 0 bridgehead atoms. The van der Waals surface area contributed by atoms with Crippen LogP contribution in [-0.2, 0) is 14.3 Å². The third-order valence-corrected chi connectivity index (χ3v) is 5.33. The van der Waals surface area contributed by atoms with Gasteiger partial charge in [-0.15, -0.1) is 0 Å². The van der Waals surface area contributed by atoms with Crippen LogP contribution in [0.1, 0.15) is 36.7 Å². The first-order chi connectivity index (χ1) is 14.8. The van der Waals surface area contributed by atoms with Gasteiger partial charge in [-0.05, 0) is 45.0 Å². The normalized spacial score (nSPS) is 10.3. The maximum absolute atomic E-state index is 12.6. The predicted molar refractivity (Wildman–Crippen MR) is 118 cm³/mol. The van der Waals surface area contributed by atoms with Crippen molar-refractivity contribution in [1.82, 2.24) is 10.2 Å². The number of hydrogen-bond acceptors (Lipinski definition) is 6. The summed E-state index contributed by atoms with van der Waals surface area (Å²) >= 11 is 1.28. The molecule has 2 aromatic carbocycles. The van der Waals surface area contributed by atoms with Gasteiger partial charge in [-0.2, -0.15) is 5.26 Å². The highest BCUT2D eigenvalue weighted by atomic mass is 32.2. The Hall–Kier alpha value is -3.31. The van der Waals surface area contributed by atoms with Gasteiger partial charge in [-0.25, -0.2) is 4.79 Å². The van der Waals surface area contributed by atoms with Crippen LogP contribution in [0.2, 0.25) is 0 Å². The van der Waals surface area contributed by atoms with Crippen LogP contribution in [0.3, 0.4) is 0 Å². The van der Waals surface area contributed by atoms with Crippen LogP contribution in [0.25, 0.3) is 0 Å². The first-order valence-corrected chi connectivity index (χ1v) is 10.7. The summed E-state index contributed by atoms with van der Waals surface area (Å²) in [5.74, 6) is -1.36. The number of nitrogens with zero attached hydrogens (tertiary/aromatic N) is 2. The maximum Gasteiger partial charge on any atom is 0.339 e. The molecule has 0 aliphatic heterocycles. The van der Waals surface area contributed by atoms with Crippen molar-refractivity contribution in [3.63, 3.8) is 0 Å². The molecular formula is C23H25N3O4S. The Morgan fingerprint density at radius 2 is 1.74 bits per heavy atom. The van der Waals surface area contributed by atoms with Gasteiger partial charge in [0, 0.05) is 22.4 Å². The molecule has 0 spiro atoms. The molecule has 0 aliphatic carbocycles. The Balaban J connectivity index is 2.05. The van der Waals surface area contributed by atoms with Crippen molar-refractivity contribution < 1.29 is 19.1 Å². The highest BCUT2D eigenvalue weighted by molar-refractivity contribution is 7.99. The number of rotatable bonds is 9.